The zero-order valence-electron chi connectivity index (χ0n) is 17.2. The second-order valence-electron chi connectivity index (χ2n) is 6.96. The van der Waals surface area contributed by atoms with E-state index in [1.165, 1.54) is 0 Å². The normalized spacial score (nSPS) is 11.2. The maximum atomic E-state index is 12.5. The van der Waals surface area contributed by atoms with Gasteiger partial charge in [-0.05, 0) is 60.2 Å². The average molecular weight is 408 g/mol. The highest BCUT2D eigenvalue weighted by Crippen LogP contribution is 2.23. The van der Waals surface area contributed by atoms with Crippen molar-refractivity contribution in [3.05, 3.63) is 89.7 Å². The standard InChI is InChI=1S/C25H20N4O2/c1-29-23-9-4-3-8-22(23)28-24(29)19(16-26)14-17-6-5-7-20(15-17)27-25(30)18-10-12-21(31-2)13-11-18/h3-15H,1-2H3,(H,27,30)/b19-14+. The smallest absolute Gasteiger partial charge is 0.255 e. The van der Waals surface area contributed by atoms with E-state index in [0.717, 1.165) is 16.6 Å². The zero-order chi connectivity index (χ0) is 21.8. The molecule has 0 saturated carbocycles. The molecule has 1 N–H and O–H groups in total. The molecule has 1 aromatic heterocycles. The van der Waals surface area contributed by atoms with Gasteiger partial charge >= 0.3 is 0 Å². The Balaban J connectivity index is 1.60. The number of para-hydroxylation sites is 2. The molecule has 0 bridgehead atoms. The van der Waals surface area contributed by atoms with Crippen LogP contribution in [0.2, 0.25) is 0 Å². The fourth-order valence-corrected chi connectivity index (χ4v) is 3.35. The molecule has 6 heteroatoms. The molecule has 0 radical (unpaired) electrons. The van der Waals surface area contributed by atoms with E-state index in [2.05, 4.69) is 16.4 Å². The highest BCUT2D eigenvalue weighted by atomic mass is 16.5. The SMILES string of the molecule is COc1ccc(C(=O)Nc2cccc(/C=C(\C#N)c3nc4ccccc4n3C)c2)cc1. The molecule has 0 saturated heterocycles. The first-order chi connectivity index (χ1) is 15.1. The lowest BCUT2D eigenvalue weighted by Gasteiger charge is -2.07. The van der Waals surface area contributed by atoms with Crippen LogP contribution in [0.3, 0.4) is 0 Å². The van der Waals surface area contributed by atoms with Gasteiger partial charge in [0.25, 0.3) is 5.91 Å². The van der Waals surface area contributed by atoms with E-state index >= 15 is 0 Å². The molecule has 4 aromatic rings. The number of hydrogen-bond acceptors (Lipinski definition) is 4. The minimum absolute atomic E-state index is 0.223. The molecule has 31 heavy (non-hydrogen) atoms. The van der Waals surface area contributed by atoms with Crippen molar-refractivity contribution in [3.8, 4) is 11.8 Å². The largest absolute Gasteiger partial charge is 0.497 e. The fourth-order valence-electron chi connectivity index (χ4n) is 3.35. The van der Waals surface area contributed by atoms with Crippen molar-refractivity contribution in [3.63, 3.8) is 0 Å². The van der Waals surface area contributed by atoms with Gasteiger partial charge in [-0.15, -0.1) is 0 Å². The van der Waals surface area contributed by atoms with Crippen LogP contribution in [0.25, 0.3) is 22.7 Å². The third kappa shape index (κ3) is 4.16. The number of carbonyl (C=O) groups is 1. The summed E-state index contributed by atoms with van der Waals surface area (Å²) in [5.41, 5.74) is 4.19. The van der Waals surface area contributed by atoms with Gasteiger partial charge in [-0.1, -0.05) is 24.3 Å². The summed E-state index contributed by atoms with van der Waals surface area (Å²) in [6, 6.07) is 24.2. The van der Waals surface area contributed by atoms with Crippen molar-refractivity contribution in [2.75, 3.05) is 12.4 Å². The number of rotatable bonds is 5. The summed E-state index contributed by atoms with van der Waals surface area (Å²) in [6.45, 7) is 0. The van der Waals surface area contributed by atoms with E-state index in [9.17, 15) is 10.1 Å². The Morgan fingerprint density at radius 2 is 1.87 bits per heavy atom. The van der Waals surface area contributed by atoms with E-state index < -0.39 is 0 Å². The minimum atomic E-state index is -0.223. The van der Waals surface area contributed by atoms with Crippen molar-refractivity contribution in [1.82, 2.24) is 9.55 Å². The first kappa shape index (κ1) is 19.9. The molecule has 0 fully saturated rings. The molecule has 152 valence electrons. The van der Waals surface area contributed by atoms with Crippen molar-refractivity contribution in [1.29, 1.82) is 5.26 Å². The number of imidazole rings is 1. The van der Waals surface area contributed by atoms with Crippen LogP contribution in [0.15, 0.2) is 72.8 Å². The zero-order valence-corrected chi connectivity index (χ0v) is 17.2. The summed E-state index contributed by atoms with van der Waals surface area (Å²) in [4.78, 5) is 17.1. The number of allylic oxidation sites excluding steroid dienone is 1. The number of amides is 1. The Labute approximate surface area is 180 Å². The summed E-state index contributed by atoms with van der Waals surface area (Å²) >= 11 is 0. The Morgan fingerprint density at radius 1 is 1.10 bits per heavy atom. The van der Waals surface area contributed by atoms with Crippen LogP contribution in [-0.2, 0) is 7.05 Å². The van der Waals surface area contributed by atoms with E-state index in [4.69, 9.17) is 4.74 Å². The van der Waals surface area contributed by atoms with Crippen molar-refractivity contribution < 1.29 is 9.53 Å². The van der Waals surface area contributed by atoms with Crippen LogP contribution in [-0.4, -0.2) is 22.6 Å². The number of nitrogens with one attached hydrogen (secondary N) is 1. The second kappa shape index (κ2) is 8.56. The lowest BCUT2D eigenvalue weighted by Crippen LogP contribution is -2.11. The van der Waals surface area contributed by atoms with E-state index in [1.54, 1.807) is 43.5 Å². The molecule has 0 aliphatic carbocycles. The first-order valence-electron chi connectivity index (χ1n) is 9.68. The van der Waals surface area contributed by atoms with Crippen molar-refractivity contribution in [2.24, 2.45) is 7.05 Å². The number of fused-ring (bicyclic) bond motifs is 1. The molecule has 0 aliphatic rings. The quantitative estimate of drug-likeness (QED) is 0.477. The number of nitriles is 1. The van der Waals surface area contributed by atoms with Gasteiger partial charge in [-0.2, -0.15) is 5.26 Å². The number of carbonyl (C=O) groups excluding carboxylic acids is 1. The van der Waals surface area contributed by atoms with E-state index in [-0.39, 0.29) is 5.91 Å². The highest BCUT2D eigenvalue weighted by molar-refractivity contribution is 6.04. The molecule has 1 amide bonds. The second-order valence-corrected chi connectivity index (χ2v) is 6.96. The summed E-state index contributed by atoms with van der Waals surface area (Å²) < 4.78 is 7.03. The van der Waals surface area contributed by atoms with Gasteiger partial charge in [0.05, 0.1) is 23.7 Å². The third-order valence-corrected chi connectivity index (χ3v) is 4.96. The van der Waals surface area contributed by atoms with Crippen LogP contribution in [0.4, 0.5) is 5.69 Å². The molecule has 3 aromatic carbocycles. The summed E-state index contributed by atoms with van der Waals surface area (Å²) in [7, 11) is 3.47. The molecule has 0 atom stereocenters. The predicted octanol–water partition coefficient (Wildman–Crippen LogP) is 4.90. The molecule has 4 rings (SSSR count). The van der Waals surface area contributed by atoms with E-state index in [1.807, 2.05) is 54.1 Å². The number of aromatic nitrogens is 2. The molecular formula is C25H20N4O2. The van der Waals surface area contributed by atoms with Crippen LogP contribution in [0.1, 0.15) is 21.7 Å². The molecule has 0 spiro atoms. The first-order valence-corrected chi connectivity index (χ1v) is 9.68. The third-order valence-electron chi connectivity index (χ3n) is 4.96. The Kier molecular flexibility index (Phi) is 5.50. The lowest BCUT2D eigenvalue weighted by atomic mass is 10.1. The maximum absolute atomic E-state index is 12.5. The number of nitrogens with zero attached hydrogens (tertiary/aromatic N) is 3. The highest BCUT2D eigenvalue weighted by Gasteiger charge is 2.12. The summed E-state index contributed by atoms with van der Waals surface area (Å²) in [5, 5.41) is 12.6. The Morgan fingerprint density at radius 3 is 2.58 bits per heavy atom. The number of hydrogen-bond donors (Lipinski definition) is 1. The number of methoxy groups -OCH3 is 1. The van der Waals surface area contributed by atoms with Crippen LogP contribution < -0.4 is 10.1 Å². The number of benzene rings is 3. The predicted molar refractivity (Wildman–Crippen MR) is 122 cm³/mol. The van der Waals surface area contributed by atoms with Gasteiger partial charge in [0.2, 0.25) is 0 Å². The lowest BCUT2D eigenvalue weighted by molar-refractivity contribution is 0.102. The molecular weight excluding hydrogens is 388 g/mol. The van der Waals surface area contributed by atoms with Crippen LogP contribution in [0.5, 0.6) is 5.75 Å². The fraction of sp³-hybridized carbons (Fsp3) is 0.0800. The molecule has 0 unspecified atom stereocenters. The van der Waals surface area contributed by atoms with Gasteiger partial charge < -0.3 is 14.6 Å². The Bertz CT molecular complexity index is 1330. The van der Waals surface area contributed by atoms with Crippen molar-refractivity contribution in [2.45, 2.75) is 0 Å². The topological polar surface area (TPSA) is 79.9 Å². The van der Waals surface area contributed by atoms with Crippen molar-refractivity contribution >= 4 is 34.3 Å². The molecule has 1 heterocycles. The molecule has 0 aliphatic heterocycles. The van der Waals surface area contributed by atoms with Crippen LogP contribution in [0, 0.1) is 11.3 Å². The number of aryl methyl sites for hydroxylation is 1. The van der Waals surface area contributed by atoms with Gasteiger partial charge in [-0.3, -0.25) is 4.79 Å². The van der Waals surface area contributed by atoms with Gasteiger partial charge in [0, 0.05) is 18.3 Å². The monoisotopic (exact) mass is 408 g/mol. The van der Waals surface area contributed by atoms with Crippen LogP contribution >= 0.6 is 0 Å². The Hall–Kier alpha value is -4.37. The number of ether oxygens (including phenoxy) is 1. The number of anilines is 1. The summed E-state index contributed by atoms with van der Waals surface area (Å²) in [6.07, 6.45) is 1.77. The minimum Gasteiger partial charge on any atom is -0.497 e. The molecule has 6 nitrogen and oxygen atoms in total. The van der Waals surface area contributed by atoms with Gasteiger partial charge in [0.15, 0.2) is 5.82 Å². The average Bonchev–Trinajstić information content (AvgIpc) is 3.14. The van der Waals surface area contributed by atoms with E-state index in [0.29, 0.717) is 28.4 Å². The van der Waals surface area contributed by atoms with Gasteiger partial charge in [-0.25, -0.2) is 4.98 Å². The van der Waals surface area contributed by atoms with Gasteiger partial charge in [0.1, 0.15) is 11.8 Å². The summed E-state index contributed by atoms with van der Waals surface area (Å²) in [5.74, 6) is 1.06. The maximum Gasteiger partial charge on any atom is 0.255 e.